The van der Waals surface area contributed by atoms with Gasteiger partial charge in [-0.1, -0.05) is 19.4 Å². The third-order valence-electron chi connectivity index (χ3n) is 3.10. The minimum Gasteiger partial charge on any atom is -0.288 e. The molecule has 0 bridgehead atoms. The van der Waals surface area contributed by atoms with E-state index in [1.165, 1.54) is 6.07 Å². The molecule has 0 saturated carbocycles. The fourth-order valence-corrected chi connectivity index (χ4v) is 3.65. The van der Waals surface area contributed by atoms with Crippen molar-refractivity contribution in [1.82, 2.24) is 4.98 Å². The molecule has 0 aliphatic carbocycles. The zero-order valence-electron chi connectivity index (χ0n) is 12.7. The van der Waals surface area contributed by atoms with E-state index in [0.717, 1.165) is 42.0 Å². The highest BCUT2D eigenvalue weighted by Crippen LogP contribution is 2.35. The topological polar surface area (TPSA) is 53.8 Å². The van der Waals surface area contributed by atoms with Crippen LogP contribution >= 0.6 is 23.1 Å². The Hall–Kier alpha value is -1.85. The van der Waals surface area contributed by atoms with Crippen molar-refractivity contribution in [2.75, 3.05) is 5.75 Å². The number of thiophene rings is 1. The first-order valence-corrected chi connectivity index (χ1v) is 8.98. The summed E-state index contributed by atoms with van der Waals surface area (Å²) in [5, 5.41) is 10.8. The Labute approximate surface area is 145 Å². The van der Waals surface area contributed by atoms with Crippen LogP contribution in [0.5, 0.6) is 0 Å². The molecule has 0 aliphatic heterocycles. The highest BCUT2D eigenvalue weighted by atomic mass is 32.2. The average Bonchev–Trinajstić information content (AvgIpc) is 3.07. The molecular formula is C16H13F3N2OS2. The molecule has 0 amide bonds. The Morgan fingerprint density at radius 1 is 1.46 bits per heavy atom. The van der Waals surface area contributed by atoms with Gasteiger partial charge in [0.15, 0.2) is 5.69 Å². The maximum absolute atomic E-state index is 13.4. The highest BCUT2D eigenvalue weighted by molar-refractivity contribution is 7.99. The molecule has 0 N–H and O–H groups in total. The zero-order valence-corrected chi connectivity index (χ0v) is 14.3. The number of thioether (sulfide) groups is 1. The number of hydrogen-bond acceptors (Lipinski definition) is 5. The van der Waals surface area contributed by atoms with Gasteiger partial charge in [-0.3, -0.25) is 4.79 Å². The van der Waals surface area contributed by atoms with E-state index in [1.54, 1.807) is 11.4 Å². The quantitative estimate of drug-likeness (QED) is 0.400. The number of alkyl halides is 3. The summed E-state index contributed by atoms with van der Waals surface area (Å²) in [5.74, 6) is -0.209. The Balaban J connectivity index is 2.53. The zero-order chi connectivity index (χ0) is 17.7. The van der Waals surface area contributed by atoms with Crippen LogP contribution < -0.4 is 0 Å². The van der Waals surface area contributed by atoms with E-state index in [9.17, 15) is 23.2 Å². The lowest BCUT2D eigenvalue weighted by Gasteiger charge is -2.13. The lowest BCUT2D eigenvalue weighted by molar-refractivity contribution is -0.141. The predicted octanol–water partition coefficient (Wildman–Crippen LogP) is 5.16. The summed E-state index contributed by atoms with van der Waals surface area (Å²) in [4.78, 5) is 16.2. The van der Waals surface area contributed by atoms with Gasteiger partial charge in [-0.15, -0.1) is 23.1 Å². The van der Waals surface area contributed by atoms with Crippen molar-refractivity contribution in [2.24, 2.45) is 0 Å². The molecule has 2 rings (SSSR count). The fourth-order valence-electron chi connectivity index (χ4n) is 1.93. The third kappa shape index (κ3) is 4.16. The number of carbonyl (C=O) groups is 1. The molecule has 24 heavy (non-hydrogen) atoms. The van der Waals surface area contributed by atoms with Crippen molar-refractivity contribution in [3.8, 4) is 6.07 Å². The summed E-state index contributed by atoms with van der Waals surface area (Å²) in [7, 11) is 0. The Morgan fingerprint density at radius 2 is 2.21 bits per heavy atom. The van der Waals surface area contributed by atoms with Crippen molar-refractivity contribution in [3.63, 3.8) is 0 Å². The summed E-state index contributed by atoms with van der Waals surface area (Å²) >= 11 is 2.15. The van der Waals surface area contributed by atoms with Crippen LogP contribution in [0.25, 0.3) is 0 Å². The Morgan fingerprint density at radius 3 is 2.75 bits per heavy atom. The van der Waals surface area contributed by atoms with E-state index >= 15 is 0 Å². The average molecular weight is 370 g/mol. The van der Waals surface area contributed by atoms with Crippen LogP contribution in [0.1, 0.15) is 46.3 Å². The first kappa shape index (κ1) is 18.5. The van der Waals surface area contributed by atoms with E-state index in [1.807, 2.05) is 13.0 Å². The molecule has 126 valence electrons. The second kappa shape index (κ2) is 7.81. The van der Waals surface area contributed by atoms with Gasteiger partial charge < -0.3 is 0 Å². The van der Waals surface area contributed by atoms with Crippen LogP contribution in [-0.2, 0) is 6.18 Å². The van der Waals surface area contributed by atoms with Crippen LogP contribution in [0.15, 0.2) is 28.6 Å². The smallest absolute Gasteiger partial charge is 0.288 e. The van der Waals surface area contributed by atoms with Gasteiger partial charge in [-0.2, -0.15) is 18.4 Å². The fraction of sp³-hybridized carbons (Fsp3) is 0.312. The predicted molar refractivity (Wildman–Crippen MR) is 87.3 cm³/mol. The number of aromatic nitrogens is 1. The summed E-state index contributed by atoms with van der Waals surface area (Å²) in [6.07, 6.45) is -3.08. The summed E-state index contributed by atoms with van der Waals surface area (Å²) < 4.78 is 40.1. The number of carbonyl (C=O) groups excluding carboxylic acids is 1. The maximum atomic E-state index is 13.4. The number of hydrogen-bond donors (Lipinski definition) is 0. The van der Waals surface area contributed by atoms with Crippen molar-refractivity contribution < 1.29 is 18.0 Å². The normalized spacial score (nSPS) is 11.3. The van der Waals surface area contributed by atoms with E-state index in [2.05, 4.69) is 4.98 Å². The molecule has 0 aliphatic rings. The van der Waals surface area contributed by atoms with Crippen LogP contribution in [0, 0.1) is 11.3 Å². The molecule has 0 fully saturated rings. The first-order chi connectivity index (χ1) is 11.4. The Kier molecular flexibility index (Phi) is 6.02. The van der Waals surface area contributed by atoms with Gasteiger partial charge in [-0.25, -0.2) is 4.98 Å². The highest BCUT2D eigenvalue weighted by Gasteiger charge is 2.38. The second-order valence-corrected chi connectivity index (χ2v) is 6.89. The number of rotatable bonds is 6. The molecule has 0 radical (unpaired) electrons. The largest absolute Gasteiger partial charge is 0.434 e. The van der Waals surface area contributed by atoms with Gasteiger partial charge >= 0.3 is 6.18 Å². The van der Waals surface area contributed by atoms with E-state index < -0.39 is 23.2 Å². The monoisotopic (exact) mass is 370 g/mol. The lowest BCUT2D eigenvalue weighted by atomic mass is 10.1. The molecule has 2 aromatic heterocycles. The van der Waals surface area contributed by atoms with E-state index in [-0.39, 0.29) is 15.5 Å². The van der Waals surface area contributed by atoms with Crippen LogP contribution in [0.3, 0.4) is 0 Å². The number of halogens is 3. The van der Waals surface area contributed by atoms with Gasteiger partial charge in [0, 0.05) is 0 Å². The van der Waals surface area contributed by atoms with Gasteiger partial charge in [0.25, 0.3) is 0 Å². The van der Waals surface area contributed by atoms with Crippen LogP contribution in [-0.4, -0.2) is 16.5 Å². The van der Waals surface area contributed by atoms with Crippen molar-refractivity contribution in [3.05, 3.63) is 45.3 Å². The maximum Gasteiger partial charge on any atom is 0.434 e. The SMILES string of the molecule is CCCCSc1nc(C(F)(F)F)c(C(=O)c2cccs2)cc1C#N. The van der Waals surface area contributed by atoms with Crippen LogP contribution in [0.2, 0.25) is 0 Å². The minimum absolute atomic E-state index is 0.0102. The van der Waals surface area contributed by atoms with E-state index in [4.69, 9.17) is 0 Å². The molecule has 8 heteroatoms. The third-order valence-corrected chi connectivity index (χ3v) is 5.05. The Bertz CT molecular complexity index is 765. The minimum atomic E-state index is -4.77. The van der Waals surface area contributed by atoms with Gasteiger partial charge in [0.2, 0.25) is 5.78 Å². The second-order valence-electron chi connectivity index (χ2n) is 4.86. The molecule has 0 aromatic carbocycles. The van der Waals surface area contributed by atoms with Crippen LogP contribution in [0.4, 0.5) is 13.2 Å². The standard InChI is InChI=1S/C16H13F3N2OS2/c1-2-3-6-24-15-10(9-20)8-11(14(21-15)16(17,18)19)13(22)12-5-4-7-23-12/h4-5,7-8H,2-3,6H2,1H3. The number of nitriles is 1. The molecule has 0 spiro atoms. The van der Waals surface area contributed by atoms with Gasteiger partial charge in [0.05, 0.1) is 16.0 Å². The molecule has 0 atom stereocenters. The van der Waals surface area contributed by atoms with Crippen molar-refractivity contribution >= 4 is 28.9 Å². The summed E-state index contributed by atoms with van der Waals surface area (Å²) in [6, 6.07) is 5.88. The van der Waals surface area contributed by atoms with Gasteiger partial charge in [-0.05, 0) is 29.7 Å². The number of nitrogens with zero attached hydrogens (tertiary/aromatic N) is 2. The molecule has 0 unspecified atom stereocenters. The number of pyridine rings is 1. The van der Waals surface area contributed by atoms with E-state index in [0.29, 0.717) is 5.75 Å². The summed E-state index contributed by atoms with van der Waals surface area (Å²) in [5.41, 5.74) is -1.83. The molecule has 0 saturated heterocycles. The summed E-state index contributed by atoms with van der Waals surface area (Å²) in [6.45, 7) is 1.96. The van der Waals surface area contributed by atoms with Crippen molar-refractivity contribution in [2.45, 2.75) is 31.0 Å². The molecule has 3 nitrogen and oxygen atoms in total. The lowest BCUT2D eigenvalue weighted by Crippen LogP contribution is -2.17. The molecular weight excluding hydrogens is 357 g/mol. The molecule has 2 heterocycles. The number of unbranched alkanes of at least 4 members (excludes halogenated alkanes) is 1. The molecule has 2 aromatic rings. The number of ketones is 1. The van der Waals surface area contributed by atoms with Crippen molar-refractivity contribution in [1.29, 1.82) is 5.26 Å². The van der Waals surface area contributed by atoms with Gasteiger partial charge in [0.1, 0.15) is 11.1 Å². The first-order valence-electron chi connectivity index (χ1n) is 7.11.